The monoisotopic (exact) mass is 653 g/mol. The van der Waals surface area contributed by atoms with E-state index in [4.69, 9.17) is 4.74 Å². The first-order chi connectivity index (χ1) is 23.0. The van der Waals surface area contributed by atoms with Gasteiger partial charge in [0.1, 0.15) is 12.1 Å². The number of allylic oxidation sites excluding steroid dienone is 1. The number of carbonyl (C=O) groups is 4. The number of nitrogens with zero attached hydrogens (tertiary/aromatic N) is 2. The van der Waals surface area contributed by atoms with Crippen LogP contribution in [0.5, 0.6) is 0 Å². The lowest BCUT2D eigenvalue weighted by Crippen LogP contribution is -2.49. The zero-order chi connectivity index (χ0) is 34.1. The minimum Gasteiger partial charge on any atom is -0.462 e. The molecule has 48 heavy (non-hydrogen) atoms. The molecule has 8 nitrogen and oxygen atoms in total. The van der Waals surface area contributed by atoms with Crippen LogP contribution in [-0.4, -0.2) is 60.4 Å². The lowest BCUT2D eigenvalue weighted by molar-refractivity contribution is -0.156. The second kappa shape index (κ2) is 13.9. The Kier molecular flexibility index (Phi) is 9.82. The molecule has 0 bridgehead atoms. The average Bonchev–Trinajstić information content (AvgIpc) is 3.92. The fourth-order valence-electron chi connectivity index (χ4n) is 7.55. The van der Waals surface area contributed by atoms with Crippen LogP contribution >= 0.6 is 0 Å². The van der Waals surface area contributed by atoms with Crippen LogP contribution in [0.15, 0.2) is 67.3 Å². The number of ether oxygens (including phenoxy) is 1. The average molecular weight is 654 g/mol. The Balaban J connectivity index is 1.24. The lowest BCUT2D eigenvalue weighted by Gasteiger charge is -2.34. The molecule has 4 fully saturated rings. The van der Waals surface area contributed by atoms with E-state index in [1.165, 1.54) is 0 Å². The van der Waals surface area contributed by atoms with E-state index in [0.717, 1.165) is 55.3 Å². The third kappa shape index (κ3) is 7.53. The quantitative estimate of drug-likeness (QED) is 0.195. The van der Waals surface area contributed by atoms with Crippen molar-refractivity contribution >= 4 is 29.3 Å². The van der Waals surface area contributed by atoms with Crippen molar-refractivity contribution < 1.29 is 23.9 Å². The van der Waals surface area contributed by atoms with E-state index in [-0.39, 0.29) is 55.1 Å². The molecule has 3 aliphatic carbocycles. The van der Waals surface area contributed by atoms with Gasteiger partial charge < -0.3 is 19.9 Å². The van der Waals surface area contributed by atoms with E-state index in [1.807, 2.05) is 51.1 Å². The number of anilines is 1. The Morgan fingerprint density at radius 3 is 2.25 bits per heavy atom. The molecule has 1 saturated heterocycles. The number of Topliss-reactive ketones (excluding diaryl/α,β-unsaturated/α-hetero) is 1. The second-order valence-corrected chi connectivity index (χ2v) is 15.6. The van der Waals surface area contributed by atoms with E-state index >= 15 is 0 Å². The second-order valence-electron chi connectivity index (χ2n) is 15.6. The summed E-state index contributed by atoms with van der Waals surface area (Å²) in [7, 11) is 0. The summed E-state index contributed by atoms with van der Waals surface area (Å²) in [4.78, 5) is 59.3. The molecule has 2 aromatic rings. The maximum absolute atomic E-state index is 14.6. The summed E-state index contributed by atoms with van der Waals surface area (Å²) < 4.78 is 5.79. The van der Waals surface area contributed by atoms with Gasteiger partial charge in [-0.05, 0) is 85.5 Å². The predicted octanol–water partition coefficient (Wildman–Crippen LogP) is 6.54. The first-order valence-corrected chi connectivity index (χ1v) is 17.8. The van der Waals surface area contributed by atoms with Crippen LogP contribution in [0.4, 0.5) is 5.69 Å². The Bertz CT molecular complexity index is 1510. The molecule has 0 aromatic heterocycles. The molecule has 6 rings (SSSR count). The Labute approximate surface area is 285 Å². The molecule has 1 aliphatic heterocycles. The van der Waals surface area contributed by atoms with Crippen LogP contribution in [0, 0.1) is 28.6 Å². The molecule has 0 spiro atoms. The Morgan fingerprint density at radius 2 is 1.65 bits per heavy atom. The summed E-state index contributed by atoms with van der Waals surface area (Å²) in [6, 6.07) is 17.6. The van der Waals surface area contributed by atoms with E-state index < -0.39 is 22.8 Å². The van der Waals surface area contributed by atoms with Gasteiger partial charge in [0.15, 0.2) is 5.78 Å². The zero-order valence-corrected chi connectivity index (χ0v) is 28.8. The van der Waals surface area contributed by atoms with E-state index in [2.05, 4.69) is 41.1 Å². The van der Waals surface area contributed by atoms with Crippen LogP contribution in [0.2, 0.25) is 0 Å². The fourth-order valence-corrected chi connectivity index (χ4v) is 7.55. The fraction of sp³-hybridized carbons (Fsp3) is 0.550. The minimum atomic E-state index is -0.818. The van der Waals surface area contributed by atoms with Crippen LogP contribution in [0.1, 0.15) is 78.6 Å². The van der Waals surface area contributed by atoms with Crippen molar-refractivity contribution in [3.8, 4) is 11.1 Å². The van der Waals surface area contributed by atoms with Gasteiger partial charge >= 0.3 is 5.97 Å². The molecule has 0 radical (unpaired) electrons. The molecule has 0 unspecified atom stereocenters. The van der Waals surface area contributed by atoms with E-state index in [9.17, 15) is 19.2 Å². The predicted molar refractivity (Wildman–Crippen MR) is 187 cm³/mol. The number of amides is 2. The number of ketones is 1. The van der Waals surface area contributed by atoms with Gasteiger partial charge in [0, 0.05) is 25.2 Å². The smallest absolute Gasteiger partial charge is 0.306 e. The third-order valence-electron chi connectivity index (χ3n) is 11.0. The highest BCUT2D eigenvalue weighted by Crippen LogP contribution is 2.56. The maximum atomic E-state index is 14.6. The summed E-state index contributed by atoms with van der Waals surface area (Å²) in [5.41, 5.74) is 1.73. The highest BCUT2D eigenvalue weighted by Gasteiger charge is 2.60. The van der Waals surface area contributed by atoms with Gasteiger partial charge in [-0.1, -0.05) is 69.3 Å². The molecule has 1 N–H and O–H groups in total. The van der Waals surface area contributed by atoms with Crippen molar-refractivity contribution in [2.24, 2.45) is 28.6 Å². The number of esters is 1. The topological polar surface area (TPSA) is 96.0 Å². The Morgan fingerprint density at radius 1 is 0.979 bits per heavy atom. The SMILES string of the molecule is C=C[C@@H]1C[C@]1(CC(=O)[C@@H]1CN(c2ccc(-c3ccccc3)cc2)CN1C(=O)[C@@H](CC(=O)OC1CCCC1)C(C)(C)C)C(=O)NCC1CC1. The molecule has 256 valence electrons. The standard InChI is InChI=1S/C40H51N3O5/c1-5-30-22-40(30,38(47)41-24-27-15-16-27)23-35(44)34-25-42(31-19-17-29(18-20-31)28-11-7-6-8-12-28)26-43(34)37(46)33(39(2,3)4)21-36(45)48-32-13-9-10-14-32/h5-8,11-12,17-20,27,30,32-34H,1,9-10,13-16,21-26H2,2-4H3,(H,41,47)/t30-,33-,34+,40-/m1/s1. The number of nitrogens with one attached hydrogen (secondary N) is 1. The lowest BCUT2D eigenvalue weighted by atomic mass is 9.77. The van der Waals surface area contributed by atoms with Crippen molar-refractivity contribution in [3.63, 3.8) is 0 Å². The first-order valence-electron chi connectivity index (χ1n) is 17.8. The van der Waals surface area contributed by atoms with Gasteiger partial charge in [0.2, 0.25) is 11.8 Å². The van der Waals surface area contributed by atoms with Crippen LogP contribution in [0.25, 0.3) is 11.1 Å². The third-order valence-corrected chi connectivity index (χ3v) is 11.0. The van der Waals surface area contributed by atoms with Gasteiger partial charge in [-0.3, -0.25) is 19.2 Å². The molecule has 3 saturated carbocycles. The van der Waals surface area contributed by atoms with Crippen molar-refractivity contribution in [2.45, 2.75) is 90.7 Å². The molecule has 4 aliphatic rings. The van der Waals surface area contributed by atoms with Gasteiger partial charge in [0.25, 0.3) is 0 Å². The molecule has 2 aromatic carbocycles. The Hall–Kier alpha value is -3.94. The molecular weight excluding hydrogens is 602 g/mol. The van der Waals surface area contributed by atoms with Gasteiger partial charge in [-0.15, -0.1) is 6.58 Å². The van der Waals surface area contributed by atoms with Crippen LogP contribution in [-0.2, 0) is 23.9 Å². The summed E-state index contributed by atoms with van der Waals surface area (Å²) in [5, 5.41) is 3.10. The first kappa shape index (κ1) is 33.9. The summed E-state index contributed by atoms with van der Waals surface area (Å²) in [6.07, 6.45) is 8.39. The largest absolute Gasteiger partial charge is 0.462 e. The van der Waals surface area contributed by atoms with Crippen molar-refractivity contribution in [1.29, 1.82) is 0 Å². The minimum absolute atomic E-state index is 0.0337. The number of benzene rings is 2. The van der Waals surface area contributed by atoms with Crippen molar-refractivity contribution in [1.82, 2.24) is 10.2 Å². The van der Waals surface area contributed by atoms with Gasteiger partial charge in [-0.2, -0.15) is 0 Å². The number of hydrogen-bond acceptors (Lipinski definition) is 6. The van der Waals surface area contributed by atoms with E-state index in [1.54, 1.807) is 11.0 Å². The molecule has 1 heterocycles. The number of rotatable bonds is 13. The highest BCUT2D eigenvalue weighted by atomic mass is 16.5. The van der Waals surface area contributed by atoms with Crippen LogP contribution in [0.3, 0.4) is 0 Å². The maximum Gasteiger partial charge on any atom is 0.306 e. The summed E-state index contributed by atoms with van der Waals surface area (Å²) >= 11 is 0. The van der Waals surface area contributed by atoms with Crippen molar-refractivity contribution in [2.75, 3.05) is 24.7 Å². The molecule has 8 heteroatoms. The highest BCUT2D eigenvalue weighted by molar-refractivity contribution is 5.97. The molecule has 4 atom stereocenters. The number of carbonyl (C=O) groups excluding carboxylic acids is 4. The number of hydrogen-bond donors (Lipinski definition) is 1. The van der Waals surface area contributed by atoms with Crippen LogP contribution < -0.4 is 10.2 Å². The van der Waals surface area contributed by atoms with Gasteiger partial charge in [0.05, 0.1) is 24.4 Å². The molecule has 2 amide bonds. The zero-order valence-electron chi connectivity index (χ0n) is 28.8. The normalized spacial score (nSPS) is 24.6. The summed E-state index contributed by atoms with van der Waals surface area (Å²) in [6.45, 7) is 11.0. The molecular formula is C40H51N3O5. The van der Waals surface area contributed by atoms with Gasteiger partial charge in [-0.25, -0.2) is 0 Å². The van der Waals surface area contributed by atoms with E-state index in [0.29, 0.717) is 25.4 Å². The summed E-state index contributed by atoms with van der Waals surface area (Å²) in [5.74, 6) is -1.00. The van der Waals surface area contributed by atoms with Crippen molar-refractivity contribution in [3.05, 3.63) is 67.3 Å².